The summed E-state index contributed by atoms with van der Waals surface area (Å²) in [6, 6.07) is 0.634. The van der Waals surface area contributed by atoms with Crippen molar-refractivity contribution >= 4 is 17.4 Å². The van der Waals surface area contributed by atoms with E-state index in [9.17, 15) is 8.78 Å². The van der Waals surface area contributed by atoms with Crippen LogP contribution in [0.3, 0.4) is 0 Å². The Morgan fingerprint density at radius 2 is 2.31 bits per heavy atom. The van der Waals surface area contributed by atoms with Gasteiger partial charge in [-0.3, -0.25) is 0 Å². The molecular weight excluding hydrogens is 238 g/mol. The molecule has 1 rings (SSSR count). The zero-order chi connectivity index (χ0) is 12.0. The lowest BCUT2D eigenvalue weighted by Crippen LogP contribution is -2.26. The third-order valence-electron chi connectivity index (χ3n) is 1.97. The molecule has 90 valence electrons. The van der Waals surface area contributed by atoms with Gasteiger partial charge in [-0.25, -0.2) is 13.8 Å². The van der Waals surface area contributed by atoms with Crippen LogP contribution in [0, 0.1) is 11.6 Å². The summed E-state index contributed by atoms with van der Waals surface area (Å²) in [6.45, 7) is 0.380. The maximum Gasteiger partial charge on any atom is 0.168 e. The average molecular weight is 251 g/mol. The van der Waals surface area contributed by atoms with Gasteiger partial charge in [0.2, 0.25) is 0 Å². The zero-order valence-electron chi connectivity index (χ0n) is 8.84. The molecule has 1 atom stereocenters. The largest absolute Gasteiger partial charge is 0.383 e. The van der Waals surface area contributed by atoms with Crippen LogP contribution in [0.2, 0.25) is 0 Å². The Labute approximate surface area is 97.8 Å². The van der Waals surface area contributed by atoms with E-state index in [0.29, 0.717) is 18.9 Å². The van der Waals surface area contributed by atoms with Gasteiger partial charge in [0.1, 0.15) is 5.82 Å². The van der Waals surface area contributed by atoms with E-state index in [-0.39, 0.29) is 11.9 Å². The number of alkyl halides is 1. The highest BCUT2D eigenvalue weighted by molar-refractivity contribution is 6.17. The van der Waals surface area contributed by atoms with Crippen molar-refractivity contribution in [2.24, 2.45) is 0 Å². The fourth-order valence-corrected chi connectivity index (χ4v) is 1.51. The molecule has 0 radical (unpaired) electrons. The molecule has 0 aliphatic rings. The van der Waals surface area contributed by atoms with Crippen LogP contribution in [-0.2, 0) is 4.74 Å². The predicted octanol–water partition coefficient (Wildman–Crippen LogP) is 2.42. The van der Waals surface area contributed by atoms with Gasteiger partial charge in [-0.2, -0.15) is 0 Å². The van der Waals surface area contributed by atoms with Crippen molar-refractivity contribution in [2.45, 2.75) is 12.5 Å². The minimum atomic E-state index is -0.726. The maximum atomic E-state index is 13.3. The highest BCUT2D eigenvalue weighted by atomic mass is 35.5. The third-order valence-corrected chi connectivity index (χ3v) is 2.19. The third kappa shape index (κ3) is 3.90. The molecule has 3 nitrogen and oxygen atoms in total. The van der Waals surface area contributed by atoms with Crippen LogP contribution in [0.1, 0.15) is 6.42 Å². The van der Waals surface area contributed by atoms with E-state index in [4.69, 9.17) is 16.3 Å². The predicted molar refractivity (Wildman–Crippen MR) is 58.8 cm³/mol. The van der Waals surface area contributed by atoms with E-state index in [2.05, 4.69) is 10.3 Å². The van der Waals surface area contributed by atoms with Gasteiger partial charge in [-0.15, -0.1) is 11.6 Å². The zero-order valence-corrected chi connectivity index (χ0v) is 9.60. The summed E-state index contributed by atoms with van der Waals surface area (Å²) >= 11 is 5.59. The summed E-state index contributed by atoms with van der Waals surface area (Å²) in [5.74, 6) is -1.00. The molecule has 1 N–H and O–H groups in total. The number of nitrogens with one attached hydrogen (secondary N) is 1. The average Bonchev–Trinajstić information content (AvgIpc) is 2.23. The topological polar surface area (TPSA) is 34.1 Å². The van der Waals surface area contributed by atoms with E-state index >= 15 is 0 Å². The van der Waals surface area contributed by atoms with Crippen molar-refractivity contribution in [1.29, 1.82) is 0 Å². The molecule has 0 spiro atoms. The Bertz CT molecular complexity index is 333. The van der Waals surface area contributed by atoms with Crippen LogP contribution >= 0.6 is 11.6 Å². The highest BCUT2D eigenvalue weighted by Gasteiger charge is 2.12. The number of nitrogens with zero attached hydrogens (tertiary/aromatic N) is 1. The molecule has 1 unspecified atom stereocenters. The number of ether oxygens (including phenoxy) is 1. The first-order valence-electron chi connectivity index (χ1n) is 4.80. The molecule has 0 saturated heterocycles. The summed E-state index contributed by atoms with van der Waals surface area (Å²) in [6.07, 6.45) is 1.56. The molecule has 6 heteroatoms. The van der Waals surface area contributed by atoms with E-state index in [0.717, 1.165) is 12.3 Å². The first-order chi connectivity index (χ1) is 7.67. The van der Waals surface area contributed by atoms with Crippen molar-refractivity contribution in [3.63, 3.8) is 0 Å². The Balaban J connectivity index is 2.68. The van der Waals surface area contributed by atoms with E-state index in [1.165, 1.54) is 7.11 Å². The van der Waals surface area contributed by atoms with Crippen LogP contribution in [0.5, 0.6) is 0 Å². The molecule has 0 aromatic carbocycles. The second kappa shape index (κ2) is 6.60. The number of aromatic nitrogens is 1. The smallest absolute Gasteiger partial charge is 0.168 e. The Kier molecular flexibility index (Phi) is 5.42. The van der Waals surface area contributed by atoms with Gasteiger partial charge >= 0.3 is 0 Å². The molecule has 0 aliphatic heterocycles. The number of pyridine rings is 1. The summed E-state index contributed by atoms with van der Waals surface area (Å²) in [5, 5.41) is 2.81. The number of halogens is 3. The van der Waals surface area contributed by atoms with Gasteiger partial charge in [0.05, 0.1) is 18.8 Å². The molecule has 1 aromatic rings. The van der Waals surface area contributed by atoms with Gasteiger partial charge in [0.25, 0.3) is 0 Å². The minimum Gasteiger partial charge on any atom is -0.383 e. The standard InChI is InChI=1S/C10H13ClF2N2O/c1-16-6-8(2-3-11)15-10-9(13)4-7(12)5-14-10/h4-5,8H,2-3,6H2,1H3,(H,14,15). The molecule has 1 heterocycles. The number of methoxy groups -OCH3 is 1. The minimum absolute atomic E-state index is 0.00793. The number of anilines is 1. The van der Waals surface area contributed by atoms with Gasteiger partial charge < -0.3 is 10.1 Å². The normalized spacial score (nSPS) is 12.5. The first-order valence-corrected chi connectivity index (χ1v) is 5.33. The van der Waals surface area contributed by atoms with Gasteiger partial charge in [-0.05, 0) is 6.42 Å². The molecule has 0 saturated carbocycles. The fraction of sp³-hybridized carbons (Fsp3) is 0.500. The maximum absolute atomic E-state index is 13.3. The second-order valence-corrected chi connectivity index (χ2v) is 3.64. The van der Waals surface area contributed by atoms with Crippen molar-refractivity contribution in [3.8, 4) is 0 Å². The van der Waals surface area contributed by atoms with Crippen molar-refractivity contribution in [2.75, 3.05) is 24.9 Å². The van der Waals surface area contributed by atoms with E-state index in [1.54, 1.807) is 0 Å². The van der Waals surface area contributed by atoms with Crippen LogP contribution < -0.4 is 5.32 Å². The molecular formula is C10H13ClF2N2O. The summed E-state index contributed by atoms with van der Waals surface area (Å²) in [7, 11) is 1.54. The van der Waals surface area contributed by atoms with Crippen LogP contribution in [-0.4, -0.2) is 30.6 Å². The monoisotopic (exact) mass is 250 g/mol. The lowest BCUT2D eigenvalue weighted by Gasteiger charge is -2.17. The van der Waals surface area contributed by atoms with Crippen LogP contribution in [0.25, 0.3) is 0 Å². The van der Waals surface area contributed by atoms with E-state index in [1.807, 2.05) is 0 Å². The molecule has 0 bridgehead atoms. The second-order valence-electron chi connectivity index (χ2n) is 3.26. The molecule has 0 fully saturated rings. The van der Waals surface area contributed by atoms with Crippen LogP contribution in [0.15, 0.2) is 12.3 Å². The van der Waals surface area contributed by atoms with Gasteiger partial charge in [-0.1, -0.05) is 0 Å². The van der Waals surface area contributed by atoms with E-state index < -0.39 is 11.6 Å². The number of rotatable bonds is 6. The van der Waals surface area contributed by atoms with Crippen molar-refractivity contribution in [1.82, 2.24) is 4.98 Å². The van der Waals surface area contributed by atoms with Crippen molar-refractivity contribution in [3.05, 3.63) is 23.9 Å². The quantitative estimate of drug-likeness (QED) is 0.788. The Morgan fingerprint density at radius 3 is 2.88 bits per heavy atom. The molecule has 0 amide bonds. The lowest BCUT2D eigenvalue weighted by atomic mass is 10.2. The summed E-state index contributed by atoms with van der Waals surface area (Å²) in [4.78, 5) is 3.62. The Morgan fingerprint density at radius 1 is 1.56 bits per heavy atom. The first kappa shape index (κ1) is 13.1. The highest BCUT2D eigenvalue weighted by Crippen LogP contribution is 2.13. The summed E-state index contributed by atoms with van der Waals surface area (Å²) < 4.78 is 30.8. The molecule has 16 heavy (non-hydrogen) atoms. The number of hydrogen-bond acceptors (Lipinski definition) is 3. The molecule has 0 aliphatic carbocycles. The van der Waals surface area contributed by atoms with Gasteiger partial charge in [0, 0.05) is 19.1 Å². The van der Waals surface area contributed by atoms with Crippen LogP contribution in [0.4, 0.5) is 14.6 Å². The van der Waals surface area contributed by atoms with Gasteiger partial charge in [0.15, 0.2) is 11.6 Å². The SMILES string of the molecule is COCC(CCCl)Nc1ncc(F)cc1F. The fourth-order valence-electron chi connectivity index (χ4n) is 1.24. The molecule has 1 aromatic heterocycles. The summed E-state index contributed by atoms with van der Waals surface area (Å²) in [5.41, 5.74) is 0. The number of hydrogen-bond donors (Lipinski definition) is 1. The Hall–Kier alpha value is -0.940. The lowest BCUT2D eigenvalue weighted by molar-refractivity contribution is 0.184. The van der Waals surface area contributed by atoms with Crippen molar-refractivity contribution < 1.29 is 13.5 Å².